The third-order valence-electron chi connectivity index (χ3n) is 4.45. The lowest BCUT2D eigenvalue weighted by atomic mass is 9.95. The topological polar surface area (TPSA) is 65.1 Å². The van der Waals surface area contributed by atoms with Crippen molar-refractivity contribution in [3.63, 3.8) is 0 Å². The number of fused-ring (bicyclic) bond motifs is 1. The molecule has 23 heavy (non-hydrogen) atoms. The lowest BCUT2D eigenvalue weighted by Gasteiger charge is -2.28. The lowest BCUT2D eigenvalue weighted by molar-refractivity contribution is 0.0699. The van der Waals surface area contributed by atoms with Crippen LogP contribution in [-0.4, -0.2) is 22.6 Å². The van der Waals surface area contributed by atoms with E-state index >= 15 is 0 Å². The second-order valence-corrected chi connectivity index (χ2v) is 6.21. The number of carboxylic acid groups (broad SMARTS) is 1. The Labute approximate surface area is 138 Å². The summed E-state index contributed by atoms with van der Waals surface area (Å²) in [6.45, 7) is 1.07. The molecule has 5 heteroatoms. The number of aromatic amines is 1. The lowest BCUT2D eigenvalue weighted by Crippen LogP contribution is -2.34. The number of nitrogens with one attached hydrogen (secondary N) is 2. The van der Waals surface area contributed by atoms with Crippen molar-refractivity contribution in [3.05, 3.63) is 58.7 Å². The summed E-state index contributed by atoms with van der Waals surface area (Å²) in [5, 5.41) is 13.9. The predicted molar refractivity (Wildman–Crippen MR) is 91.1 cm³/mol. The molecular formula is C18H15ClN2O2. The zero-order valence-corrected chi connectivity index (χ0v) is 13.0. The van der Waals surface area contributed by atoms with Gasteiger partial charge in [-0.25, -0.2) is 4.79 Å². The maximum Gasteiger partial charge on any atom is 0.337 e. The second-order valence-electron chi connectivity index (χ2n) is 5.80. The van der Waals surface area contributed by atoms with Crippen LogP contribution in [0.5, 0.6) is 0 Å². The summed E-state index contributed by atoms with van der Waals surface area (Å²) in [4.78, 5) is 14.3. The van der Waals surface area contributed by atoms with E-state index in [0.29, 0.717) is 16.5 Å². The number of carboxylic acids is 1. The van der Waals surface area contributed by atoms with Crippen LogP contribution in [0.25, 0.3) is 22.0 Å². The number of benzene rings is 2. The Morgan fingerprint density at radius 3 is 2.57 bits per heavy atom. The maximum absolute atomic E-state index is 11.3. The van der Waals surface area contributed by atoms with Gasteiger partial charge in [-0.05, 0) is 36.2 Å². The van der Waals surface area contributed by atoms with Gasteiger partial charge in [-0.15, -0.1) is 0 Å². The SMILES string of the molecule is O=C(O)c1c[nH]c2cc(Cl)c(-c3ccc(C4CCN4)cc3)cc12. The number of halogens is 1. The van der Waals surface area contributed by atoms with E-state index in [0.717, 1.165) is 29.6 Å². The molecule has 1 fully saturated rings. The van der Waals surface area contributed by atoms with E-state index in [1.165, 1.54) is 11.8 Å². The number of carbonyl (C=O) groups is 1. The number of hydrogen-bond donors (Lipinski definition) is 3. The molecule has 3 N–H and O–H groups in total. The normalized spacial score (nSPS) is 17.2. The van der Waals surface area contributed by atoms with Gasteiger partial charge in [-0.3, -0.25) is 0 Å². The average Bonchev–Trinajstić information content (AvgIpc) is 2.88. The molecule has 4 nitrogen and oxygen atoms in total. The first-order chi connectivity index (χ1) is 11.1. The first kappa shape index (κ1) is 14.3. The summed E-state index contributed by atoms with van der Waals surface area (Å²) in [5.74, 6) is -0.948. The van der Waals surface area contributed by atoms with Crippen molar-refractivity contribution >= 4 is 28.5 Å². The largest absolute Gasteiger partial charge is 0.478 e. The molecule has 1 aliphatic rings. The van der Waals surface area contributed by atoms with Crippen molar-refractivity contribution in [2.24, 2.45) is 0 Å². The Bertz CT molecular complexity index is 895. The molecule has 0 amide bonds. The van der Waals surface area contributed by atoms with E-state index in [9.17, 15) is 9.90 Å². The molecular weight excluding hydrogens is 312 g/mol. The number of hydrogen-bond acceptors (Lipinski definition) is 2. The minimum atomic E-state index is -0.948. The highest BCUT2D eigenvalue weighted by molar-refractivity contribution is 6.34. The molecule has 4 rings (SSSR count). The molecule has 0 saturated carbocycles. The molecule has 116 valence electrons. The van der Waals surface area contributed by atoms with Crippen LogP contribution in [0.3, 0.4) is 0 Å². The van der Waals surface area contributed by atoms with Gasteiger partial charge in [0.05, 0.1) is 10.6 Å². The van der Waals surface area contributed by atoms with Gasteiger partial charge in [0.15, 0.2) is 0 Å². The summed E-state index contributed by atoms with van der Waals surface area (Å²) in [5.41, 5.74) is 4.08. The van der Waals surface area contributed by atoms with E-state index in [1.54, 1.807) is 6.07 Å². The van der Waals surface area contributed by atoms with Gasteiger partial charge in [0, 0.05) is 28.7 Å². The summed E-state index contributed by atoms with van der Waals surface area (Å²) in [6.07, 6.45) is 2.66. The molecule has 0 spiro atoms. The maximum atomic E-state index is 11.3. The van der Waals surface area contributed by atoms with Crippen LogP contribution in [0.15, 0.2) is 42.6 Å². The van der Waals surface area contributed by atoms with Gasteiger partial charge < -0.3 is 15.4 Å². The van der Waals surface area contributed by atoms with E-state index in [4.69, 9.17) is 11.6 Å². The second kappa shape index (κ2) is 5.41. The third kappa shape index (κ3) is 2.40. The Morgan fingerprint density at radius 1 is 1.22 bits per heavy atom. The summed E-state index contributed by atoms with van der Waals surface area (Å²) in [7, 11) is 0. The quantitative estimate of drug-likeness (QED) is 0.675. The fourth-order valence-corrected chi connectivity index (χ4v) is 3.28. The fourth-order valence-electron chi connectivity index (χ4n) is 3.01. The van der Waals surface area contributed by atoms with Crippen LogP contribution in [0.1, 0.15) is 28.4 Å². The predicted octanol–water partition coefficient (Wildman–Crippen LogP) is 4.22. The van der Waals surface area contributed by atoms with Gasteiger partial charge in [-0.1, -0.05) is 35.9 Å². The fraction of sp³-hybridized carbons (Fsp3) is 0.167. The number of aromatic nitrogens is 1. The molecule has 1 atom stereocenters. The number of H-pyrrole nitrogens is 1. The molecule has 0 bridgehead atoms. The smallest absolute Gasteiger partial charge is 0.337 e. The average molecular weight is 327 g/mol. The zero-order chi connectivity index (χ0) is 16.0. The Morgan fingerprint density at radius 2 is 1.96 bits per heavy atom. The highest BCUT2D eigenvalue weighted by Crippen LogP contribution is 2.34. The van der Waals surface area contributed by atoms with Crippen LogP contribution in [0, 0.1) is 0 Å². The van der Waals surface area contributed by atoms with Crippen LogP contribution in [-0.2, 0) is 0 Å². The molecule has 1 aromatic heterocycles. The third-order valence-corrected chi connectivity index (χ3v) is 4.76. The van der Waals surface area contributed by atoms with E-state index < -0.39 is 5.97 Å². The van der Waals surface area contributed by atoms with Crippen molar-refractivity contribution in [3.8, 4) is 11.1 Å². The molecule has 1 aliphatic heterocycles. The highest BCUT2D eigenvalue weighted by atomic mass is 35.5. The Kier molecular flexibility index (Phi) is 3.36. The molecule has 2 heterocycles. The van der Waals surface area contributed by atoms with E-state index in [2.05, 4.69) is 22.4 Å². The summed E-state index contributed by atoms with van der Waals surface area (Å²) in [6, 6.07) is 12.3. The molecule has 1 saturated heterocycles. The van der Waals surface area contributed by atoms with Crippen LogP contribution < -0.4 is 5.32 Å². The standard InChI is InChI=1S/C18H15ClN2O2/c19-15-8-17-13(14(9-21-17)18(22)23)7-12(15)10-1-3-11(4-2-10)16-5-6-20-16/h1-4,7-9,16,20-21H,5-6H2,(H,22,23). The van der Waals surface area contributed by atoms with Gasteiger partial charge in [-0.2, -0.15) is 0 Å². The van der Waals surface area contributed by atoms with Crippen molar-refractivity contribution < 1.29 is 9.90 Å². The summed E-state index contributed by atoms with van der Waals surface area (Å²) >= 11 is 6.39. The first-order valence-electron chi connectivity index (χ1n) is 7.51. The monoisotopic (exact) mass is 326 g/mol. The Balaban J connectivity index is 1.79. The van der Waals surface area contributed by atoms with Gasteiger partial charge in [0.1, 0.15) is 0 Å². The molecule has 0 radical (unpaired) electrons. The molecule has 0 aliphatic carbocycles. The minimum Gasteiger partial charge on any atom is -0.478 e. The molecule has 2 aromatic carbocycles. The van der Waals surface area contributed by atoms with Crippen LogP contribution >= 0.6 is 11.6 Å². The Hall–Kier alpha value is -2.30. The van der Waals surface area contributed by atoms with Crippen molar-refractivity contribution in [1.82, 2.24) is 10.3 Å². The first-order valence-corrected chi connectivity index (χ1v) is 7.89. The van der Waals surface area contributed by atoms with E-state index in [1.807, 2.05) is 18.2 Å². The summed E-state index contributed by atoms with van der Waals surface area (Å²) < 4.78 is 0. The highest BCUT2D eigenvalue weighted by Gasteiger charge is 2.18. The van der Waals surface area contributed by atoms with Crippen molar-refractivity contribution in [1.29, 1.82) is 0 Å². The van der Waals surface area contributed by atoms with Crippen LogP contribution in [0.4, 0.5) is 0 Å². The van der Waals surface area contributed by atoms with Gasteiger partial charge in [0.2, 0.25) is 0 Å². The van der Waals surface area contributed by atoms with E-state index in [-0.39, 0.29) is 5.56 Å². The van der Waals surface area contributed by atoms with Crippen LogP contribution in [0.2, 0.25) is 5.02 Å². The van der Waals surface area contributed by atoms with Gasteiger partial charge in [0.25, 0.3) is 0 Å². The number of aromatic carboxylic acids is 1. The number of rotatable bonds is 3. The van der Waals surface area contributed by atoms with Gasteiger partial charge >= 0.3 is 5.97 Å². The zero-order valence-electron chi connectivity index (χ0n) is 12.3. The molecule has 3 aromatic rings. The molecule has 1 unspecified atom stereocenters. The minimum absolute atomic E-state index is 0.258. The van der Waals surface area contributed by atoms with Crippen molar-refractivity contribution in [2.45, 2.75) is 12.5 Å². The van der Waals surface area contributed by atoms with Crippen molar-refractivity contribution in [2.75, 3.05) is 6.54 Å².